The average Bonchev–Trinajstić information content (AvgIpc) is 2.56. The van der Waals surface area contributed by atoms with E-state index in [0.717, 1.165) is 23.3 Å². The van der Waals surface area contributed by atoms with Crippen molar-refractivity contribution in [3.63, 3.8) is 0 Å². The zero-order chi connectivity index (χ0) is 21.6. The van der Waals surface area contributed by atoms with Crippen molar-refractivity contribution in [1.82, 2.24) is 10.4 Å². The molecular formula is C18H21F2IN2O5. The molecular weight excluding hydrogens is 489 g/mol. The fraction of sp³-hybridized carbons (Fsp3) is 0.389. The number of Topliss-reactive ketones (excluding diaryl/α,β-unsaturated/α-hetero) is 1. The summed E-state index contributed by atoms with van der Waals surface area (Å²) in [5.74, 6) is -4.77. The van der Waals surface area contributed by atoms with Crippen molar-refractivity contribution in [2.75, 3.05) is 13.7 Å². The van der Waals surface area contributed by atoms with Crippen LogP contribution in [0.4, 0.5) is 13.6 Å². The Morgan fingerprint density at radius 1 is 1.25 bits per heavy atom. The Labute approximate surface area is 175 Å². The minimum atomic E-state index is -1.39. The standard InChI is InChI=1S/C18H21F2IN2O5/c1-6-27-16(25)12(9-22-23(5)17(26)28-18(2,3)4)15(24)11-7-10(21)8-13(19)14(11)20/h7-9,22H,6H2,1-5H3. The number of hydrogen-bond donors (Lipinski definition) is 1. The molecule has 0 fully saturated rings. The highest BCUT2D eigenvalue weighted by molar-refractivity contribution is 14.1. The maximum Gasteiger partial charge on any atom is 0.428 e. The van der Waals surface area contributed by atoms with Gasteiger partial charge in [-0.05, 0) is 62.4 Å². The van der Waals surface area contributed by atoms with Crippen molar-refractivity contribution in [2.45, 2.75) is 33.3 Å². The quantitative estimate of drug-likeness (QED) is 0.0921. The summed E-state index contributed by atoms with van der Waals surface area (Å²) >= 11 is 1.71. The molecule has 0 bridgehead atoms. The van der Waals surface area contributed by atoms with Crippen LogP contribution in [-0.4, -0.2) is 42.1 Å². The number of ketones is 1. The molecule has 0 saturated heterocycles. The molecule has 0 unspecified atom stereocenters. The van der Waals surface area contributed by atoms with Gasteiger partial charge in [-0.2, -0.15) is 0 Å². The molecule has 1 aromatic carbocycles. The van der Waals surface area contributed by atoms with E-state index in [1.54, 1.807) is 43.4 Å². The molecule has 0 heterocycles. The van der Waals surface area contributed by atoms with Gasteiger partial charge in [-0.25, -0.2) is 23.4 Å². The van der Waals surface area contributed by atoms with E-state index in [-0.39, 0.29) is 10.2 Å². The number of amides is 1. The lowest BCUT2D eigenvalue weighted by Crippen LogP contribution is -2.41. The smallest absolute Gasteiger partial charge is 0.428 e. The van der Waals surface area contributed by atoms with E-state index in [0.29, 0.717) is 0 Å². The second-order valence-corrected chi connectivity index (χ2v) is 7.77. The van der Waals surface area contributed by atoms with Crippen LogP contribution in [0.15, 0.2) is 23.9 Å². The Kier molecular flexibility index (Phi) is 8.33. The lowest BCUT2D eigenvalue weighted by atomic mass is 10.0. The normalized spacial score (nSPS) is 11.6. The van der Waals surface area contributed by atoms with Gasteiger partial charge < -0.3 is 9.47 Å². The zero-order valence-corrected chi connectivity index (χ0v) is 18.2. The molecule has 1 N–H and O–H groups in total. The number of nitrogens with one attached hydrogen (secondary N) is 1. The van der Waals surface area contributed by atoms with Crippen LogP contribution < -0.4 is 5.43 Å². The fourth-order valence-corrected chi connectivity index (χ4v) is 2.42. The summed E-state index contributed by atoms with van der Waals surface area (Å²) in [6.07, 6.45) is 0.0902. The topological polar surface area (TPSA) is 84.9 Å². The van der Waals surface area contributed by atoms with Crippen molar-refractivity contribution in [1.29, 1.82) is 0 Å². The van der Waals surface area contributed by atoms with E-state index < -0.39 is 46.2 Å². The van der Waals surface area contributed by atoms with Gasteiger partial charge in [0.15, 0.2) is 11.6 Å². The fourth-order valence-electron chi connectivity index (χ4n) is 1.84. The monoisotopic (exact) mass is 510 g/mol. The first-order valence-corrected chi connectivity index (χ1v) is 9.24. The molecule has 28 heavy (non-hydrogen) atoms. The van der Waals surface area contributed by atoms with Gasteiger partial charge in [0.05, 0.1) is 12.2 Å². The number of halogens is 3. The Hall–Kier alpha value is -2.24. The number of rotatable bonds is 6. The molecule has 0 aromatic heterocycles. The molecule has 0 aliphatic rings. The number of nitrogens with zero attached hydrogens (tertiary/aromatic N) is 1. The summed E-state index contributed by atoms with van der Waals surface area (Å²) in [4.78, 5) is 36.7. The average molecular weight is 510 g/mol. The summed E-state index contributed by atoms with van der Waals surface area (Å²) in [6, 6.07) is 2.01. The SMILES string of the molecule is CCOC(=O)C(=CNN(C)C(=O)OC(C)(C)C)C(=O)c1cc(I)cc(F)c1F. The summed E-state index contributed by atoms with van der Waals surface area (Å²) in [5.41, 5.74) is 0.388. The highest BCUT2D eigenvalue weighted by Crippen LogP contribution is 2.20. The van der Waals surface area contributed by atoms with Gasteiger partial charge in [0.1, 0.15) is 11.2 Å². The second kappa shape index (κ2) is 9.80. The minimum Gasteiger partial charge on any atom is -0.462 e. The van der Waals surface area contributed by atoms with Crippen LogP contribution >= 0.6 is 22.6 Å². The molecule has 0 saturated carbocycles. The first kappa shape index (κ1) is 23.8. The molecule has 0 atom stereocenters. The van der Waals surface area contributed by atoms with Crippen LogP contribution in [0.2, 0.25) is 0 Å². The third-order valence-corrected chi connectivity index (χ3v) is 3.67. The number of hydrogen-bond acceptors (Lipinski definition) is 6. The maximum absolute atomic E-state index is 14.1. The van der Waals surface area contributed by atoms with Crippen molar-refractivity contribution < 1.29 is 32.6 Å². The van der Waals surface area contributed by atoms with Crippen molar-refractivity contribution in [3.05, 3.63) is 44.7 Å². The van der Waals surface area contributed by atoms with Gasteiger partial charge in [-0.3, -0.25) is 10.2 Å². The van der Waals surface area contributed by atoms with Crippen LogP contribution in [0.3, 0.4) is 0 Å². The van der Waals surface area contributed by atoms with E-state index >= 15 is 0 Å². The predicted octanol–water partition coefficient (Wildman–Crippen LogP) is 3.57. The Bertz CT molecular complexity index is 806. The van der Waals surface area contributed by atoms with Crippen molar-refractivity contribution in [3.8, 4) is 0 Å². The molecule has 0 aliphatic heterocycles. The molecule has 0 spiro atoms. The van der Waals surface area contributed by atoms with Crippen LogP contribution in [0.25, 0.3) is 0 Å². The summed E-state index contributed by atoms with van der Waals surface area (Å²) < 4.78 is 37.9. The highest BCUT2D eigenvalue weighted by atomic mass is 127. The van der Waals surface area contributed by atoms with Crippen molar-refractivity contribution in [2.24, 2.45) is 0 Å². The zero-order valence-electron chi connectivity index (χ0n) is 16.1. The van der Waals surface area contributed by atoms with Crippen molar-refractivity contribution >= 4 is 40.4 Å². The minimum absolute atomic E-state index is 0.0471. The third kappa shape index (κ3) is 6.73. The molecule has 10 heteroatoms. The van der Waals surface area contributed by atoms with Gasteiger partial charge in [0.2, 0.25) is 5.78 Å². The predicted molar refractivity (Wildman–Crippen MR) is 105 cm³/mol. The van der Waals surface area contributed by atoms with Gasteiger partial charge >= 0.3 is 12.1 Å². The van der Waals surface area contributed by atoms with E-state index in [2.05, 4.69) is 5.43 Å². The molecule has 0 aliphatic carbocycles. The number of carbonyl (C=O) groups is 3. The van der Waals surface area contributed by atoms with Crippen LogP contribution in [0.5, 0.6) is 0 Å². The molecule has 154 valence electrons. The lowest BCUT2D eigenvalue weighted by molar-refractivity contribution is -0.138. The molecule has 1 rings (SSSR count). The van der Waals surface area contributed by atoms with Crippen LogP contribution in [0.1, 0.15) is 38.1 Å². The van der Waals surface area contributed by atoms with E-state index in [9.17, 15) is 23.2 Å². The molecule has 0 radical (unpaired) electrons. The largest absolute Gasteiger partial charge is 0.462 e. The molecule has 7 nitrogen and oxygen atoms in total. The van der Waals surface area contributed by atoms with Gasteiger partial charge in [0, 0.05) is 16.8 Å². The summed E-state index contributed by atoms with van der Waals surface area (Å²) in [6.45, 7) is 6.46. The van der Waals surface area contributed by atoms with E-state index in [1.807, 2.05) is 0 Å². The van der Waals surface area contributed by atoms with Crippen LogP contribution in [-0.2, 0) is 14.3 Å². The number of carbonyl (C=O) groups excluding carboxylic acids is 3. The van der Waals surface area contributed by atoms with E-state index in [1.165, 1.54) is 14.0 Å². The van der Waals surface area contributed by atoms with Gasteiger partial charge in [-0.15, -0.1) is 0 Å². The van der Waals surface area contributed by atoms with E-state index in [4.69, 9.17) is 9.47 Å². The van der Waals surface area contributed by atoms with Gasteiger partial charge in [-0.1, -0.05) is 0 Å². The Morgan fingerprint density at radius 3 is 2.39 bits per heavy atom. The summed E-state index contributed by atoms with van der Waals surface area (Å²) in [7, 11) is 1.30. The van der Waals surface area contributed by atoms with Crippen LogP contribution in [0, 0.1) is 15.2 Å². The number of esters is 1. The van der Waals surface area contributed by atoms with Gasteiger partial charge in [0.25, 0.3) is 0 Å². The first-order chi connectivity index (χ1) is 12.9. The number of benzene rings is 1. The molecule has 1 aromatic rings. The first-order valence-electron chi connectivity index (χ1n) is 8.16. The maximum atomic E-state index is 14.1. The molecule has 1 amide bonds. The highest BCUT2D eigenvalue weighted by Gasteiger charge is 2.27. The third-order valence-electron chi connectivity index (χ3n) is 3.05. The second-order valence-electron chi connectivity index (χ2n) is 6.53. The Balaban J connectivity index is 3.20. The lowest BCUT2D eigenvalue weighted by Gasteiger charge is -2.24. The summed E-state index contributed by atoms with van der Waals surface area (Å²) in [5, 5.41) is 0.878. The number of ether oxygens (including phenoxy) is 2. The Morgan fingerprint density at radius 2 is 1.86 bits per heavy atom. The number of hydrazine groups is 1.